The summed E-state index contributed by atoms with van der Waals surface area (Å²) < 4.78 is 5.15. The lowest BCUT2D eigenvalue weighted by molar-refractivity contribution is -0.122. The fourth-order valence-corrected chi connectivity index (χ4v) is 1.22. The molecule has 0 aliphatic rings. The highest BCUT2D eigenvalue weighted by Gasteiger charge is 2.24. The molecule has 0 amide bonds. The lowest BCUT2D eigenvalue weighted by Crippen LogP contribution is -2.30. The summed E-state index contributed by atoms with van der Waals surface area (Å²) >= 11 is 0. The predicted octanol–water partition coefficient (Wildman–Crippen LogP) is 0.712. The second-order valence-electron chi connectivity index (χ2n) is 4.09. The van der Waals surface area contributed by atoms with E-state index in [4.69, 9.17) is 19.7 Å². The van der Waals surface area contributed by atoms with Crippen molar-refractivity contribution in [1.29, 1.82) is 0 Å². The van der Waals surface area contributed by atoms with Gasteiger partial charge in [0, 0.05) is 5.56 Å². The number of ketones is 1. The number of aliphatic hydroxyl groups excluding tert-OH is 1. The highest BCUT2D eigenvalue weighted by atomic mass is 16.5. The molecule has 0 aliphatic carbocycles. The molecule has 1 aromatic rings. The van der Waals surface area contributed by atoms with Gasteiger partial charge in [0.2, 0.25) is 0 Å². The quantitative estimate of drug-likeness (QED) is 0.538. The monoisotopic (exact) mass is 270 g/mol. The van der Waals surface area contributed by atoms with E-state index in [2.05, 4.69) is 0 Å². The third-order valence-corrected chi connectivity index (χ3v) is 2.03. The van der Waals surface area contributed by atoms with Crippen LogP contribution in [0.3, 0.4) is 0 Å². The number of carbonyl (C=O) groups excluding carboxylic acids is 1. The normalized spacial score (nSPS) is 10.1. The Balaban J connectivity index is 0.000000982. The summed E-state index contributed by atoms with van der Waals surface area (Å²) in [6, 6.07) is 6.45. The molecule has 1 rings (SSSR count). The third-order valence-electron chi connectivity index (χ3n) is 2.03. The number of Topliss-reactive ketones (excluding diaryl/α,β-unsaturated/α-hetero) is 1. The molecule has 0 bridgehead atoms. The Hall–Kier alpha value is -1.92. The molecular formula is C13H18O6. The first kappa shape index (κ1) is 17.1. The molecule has 0 spiro atoms. The van der Waals surface area contributed by atoms with Crippen LogP contribution in [-0.2, 0) is 4.79 Å². The summed E-state index contributed by atoms with van der Waals surface area (Å²) in [6.07, 6.45) is 0. The Bertz CT molecular complexity index is 391. The molecule has 0 radical (unpaired) electrons. The number of hydrogen-bond donors (Lipinski definition) is 3. The van der Waals surface area contributed by atoms with E-state index in [1.165, 1.54) is 13.8 Å². The van der Waals surface area contributed by atoms with Crippen molar-refractivity contribution in [1.82, 2.24) is 0 Å². The number of carboxylic acid groups (broad SMARTS) is 1. The SMILES string of the molecule is CC(C)(O)C(=O)c1ccc(OCCO)cc1.O=CO. The van der Waals surface area contributed by atoms with Gasteiger partial charge in [0.05, 0.1) is 6.61 Å². The maximum Gasteiger partial charge on any atom is 0.290 e. The van der Waals surface area contributed by atoms with Crippen molar-refractivity contribution in [2.24, 2.45) is 0 Å². The zero-order valence-electron chi connectivity index (χ0n) is 10.9. The van der Waals surface area contributed by atoms with Gasteiger partial charge in [0.15, 0.2) is 5.78 Å². The van der Waals surface area contributed by atoms with Crippen LogP contribution in [0.25, 0.3) is 0 Å². The van der Waals surface area contributed by atoms with Crippen LogP contribution >= 0.6 is 0 Å². The van der Waals surface area contributed by atoms with Gasteiger partial charge >= 0.3 is 0 Å². The number of aliphatic hydroxyl groups is 2. The van der Waals surface area contributed by atoms with Crippen LogP contribution in [0.2, 0.25) is 0 Å². The van der Waals surface area contributed by atoms with E-state index >= 15 is 0 Å². The van der Waals surface area contributed by atoms with Gasteiger partial charge in [0.1, 0.15) is 18.0 Å². The van der Waals surface area contributed by atoms with Gasteiger partial charge in [-0.2, -0.15) is 0 Å². The number of ether oxygens (including phenoxy) is 1. The first-order chi connectivity index (χ1) is 8.86. The van der Waals surface area contributed by atoms with E-state index in [1.807, 2.05) is 0 Å². The molecule has 6 heteroatoms. The van der Waals surface area contributed by atoms with Gasteiger partial charge in [-0.3, -0.25) is 9.59 Å². The molecule has 1 aromatic carbocycles. The second kappa shape index (κ2) is 8.23. The van der Waals surface area contributed by atoms with Crippen LogP contribution in [0.1, 0.15) is 24.2 Å². The topological polar surface area (TPSA) is 104 Å². The van der Waals surface area contributed by atoms with Gasteiger partial charge < -0.3 is 20.1 Å². The highest BCUT2D eigenvalue weighted by molar-refractivity contribution is 6.01. The number of rotatable bonds is 5. The molecule has 0 fully saturated rings. The summed E-state index contributed by atoms with van der Waals surface area (Å²) in [7, 11) is 0. The van der Waals surface area contributed by atoms with Gasteiger partial charge in [-0.05, 0) is 38.1 Å². The van der Waals surface area contributed by atoms with E-state index in [0.717, 1.165) is 0 Å². The molecule has 6 nitrogen and oxygen atoms in total. The molecule has 0 atom stereocenters. The number of hydrogen-bond acceptors (Lipinski definition) is 5. The third kappa shape index (κ3) is 6.54. The van der Waals surface area contributed by atoms with E-state index in [1.54, 1.807) is 24.3 Å². The van der Waals surface area contributed by atoms with Crippen LogP contribution in [0.15, 0.2) is 24.3 Å². The Morgan fingerprint density at radius 3 is 2.16 bits per heavy atom. The van der Waals surface area contributed by atoms with E-state index in [0.29, 0.717) is 11.3 Å². The van der Waals surface area contributed by atoms with Crippen molar-refractivity contribution in [2.45, 2.75) is 19.4 Å². The minimum atomic E-state index is -1.37. The second-order valence-corrected chi connectivity index (χ2v) is 4.09. The Kier molecular flexibility index (Phi) is 7.40. The molecule has 0 saturated heterocycles. The lowest BCUT2D eigenvalue weighted by Gasteiger charge is -2.15. The van der Waals surface area contributed by atoms with Crippen molar-refractivity contribution in [2.75, 3.05) is 13.2 Å². The molecule has 0 saturated carbocycles. The highest BCUT2D eigenvalue weighted by Crippen LogP contribution is 2.16. The molecule has 0 heterocycles. The van der Waals surface area contributed by atoms with Gasteiger partial charge in [-0.25, -0.2) is 0 Å². The average molecular weight is 270 g/mol. The largest absolute Gasteiger partial charge is 0.491 e. The fraction of sp³-hybridized carbons (Fsp3) is 0.385. The molecule has 19 heavy (non-hydrogen) atoms. The van der Waals surface area contributed by atoms with Gasteiger partial charge in [-0.1, -0.05) is 0 Å². The van der Waals surface area contributed by atoms with Crippen LogP contribution in [0, 0.1) is 0 Å². The maximum atomic E-state index is 11.7. The smallest absolute Gasteiger partial charge is 0.290 e. The van der Waals surface area contributed by atoms with E-state index in [-0.39, 0.29) is 25.5 Å². The summed E-state index contributed by atoms with van der Waals surface area (Å²) in [5, 5.41) is 25.0. The van der Waals surface area contributed by atoms with Crippen molar-refractivity contribution in [3.05, 3.63) is 29.8 Å². The molecule has 0 aromatic heterocycles. The van der Waals surface area contributed by atoms with Crippen LogP contribution in [-0.4, -0.2) is 46.4 Å². The standard InChI is InChI=1S/C12H16O4.CH2O2/c1-12(2,15)11(14)9-3-5-10(6-4-9)16-8-7-13;2-1-3/h3-6,13,15H,7-8H2,1-2H3;1H,(H,2,3). The van der Waals surface area contributed by atoms with Gasteiger partial charge in [-0.15, -0.1) is 0 Å². The summed E-state index contributed by atoms with van der Waals surface area (Å²) in [6.45, 7) is 2.82. The minimum absolute atomic E-state index is 0.0512. The van der Waals surface area contributed by atoms with Crippen molar-refractivity contribution in [3.8, 4) is 5.75 Å². The van der Waals surface area contributed by atoms with Crippen LogP contribution in [0.4, 0.5) is 0 Å². The van der Waals surface area contributed by atoms with Crippen molar-refractivity contribution in [3.63, 3.8) is 0 Å². The number of benzene rings is 1. The fourth-order valence-electron chi connectivity index (χ4n) is 1.22. The first-order valence-electron chi connectivity index (χ1n) is 5.55. The van der Waals surface area contributed by atoms with Gasteiger partial charge in [0.25, 0.3) is 6.47 Å². The predicted molar refractivity (Wildman–Crippen MR) is 68.3 cm³/mol. The summed E-state index contributed by atoms with van der Waals surface area (Å²) in [5.74, 6) is 0.252. The summed E-state index contributed by atoms with van der Waals surface area (Å²) in [4.78, 5) is 20.0. The van der Waals surface area contributed by atoms with E-state index in [9.17, 15) is 9.90 Å². The molecule has 0 unspecified atom stereocenters. The lowest BCUT2D eigenvalue weighted by atomic mass is 9.97. The number of carbonyl (C=O) groups is 2. The van der Waals surface area contributed by atoms with Crippen molar-refractivity contribution < 1.29 is 29.6 Å². The average Bonchev–Trinajstić information content (AvgIpc) is 2.36. The maximum absolute atomic E-state index is 11.7. The molecule has 106 valence electrons. The van der Waals surface area contributed by atoms with Crippen molar-refractivity contribution >= 4 is 12.3 Å². The Labute approximate surface area is 111 Å². The van der Waals surface area contributed by atoms with E-state index < -0.39 is 5.60 Å². The molecular weight excluding hydrogens is 252 g/mol. The first-order valence-corrected chi connectivity index (χ1v) is 5.55. The zero-order chi connectivity index (χ0) is 14.9. The Morgan fingerprint density at radius 2 is 1.79 bits per heavy atom. The minimum Gasteiger partial charge on any atom is -0.491 e. The van der Waals surface area contributed by atoms with Crippen LogP contribution in [0.5, 0.6) is 5.75 Å². The summed E-state index contributed by atoms with van der Waals surface area (Å²) in [5.41, 5.74) is -0.933. The zero-order valence-corrected chi connectivity index (χ0v) is 10.9. The Morgan fingerprint density at radius 1 is 1.32 bits per heavy atom. The van der Waals surface area contributed by atoms with Crippen LogP contribution < -0.4 is 4.74 Å². The molecule has 3 N–H and O–H groups in total. The molecule has 0 aliphatic heterocycles.